The highest BCUT2D eigenvalue weighted by molar-refractivity contribution is 5.34. The number of non-ortho nitro benzene ring substituents is 1. The third kappa shape index (κ3) is 3.82. The molecule has 1 aromatic carbocycles. The standard InChI is InChI=1S/C13H20N2O2/c1-4-12(5-2)14-10(3)11-6-8-13(9-7-11)15(16)17/h6-10,12,14H,4-5H2,1-3H3. The second kappa shape index (κ2) is 6.35. The second-order valence-electron chi connectivity index (χ2n) is 4.25. The Morgan fingerprint density at radius 1 is 1.24 bits per heavy atom. The molecular formula is C13H20N2O2. The number of nitrogens with zero attached hydrogens (tertiary/aromatic N) is 1. The molecule has 0 heterocycles. The van der Waals surface area contributed by atoms with Crippen LogP contribution in [0.5, 0.6) is 0 Å². The van der Waals surface area contributed by atoms with Crippen molar-refractivity contribution >= 4 is 5.69 Å². The third-order valence-corrected chi connectivity index (χ3v) is 3.08. The summed E-state index contributed by atoms with van der Waals surface area (Å²) in [5, 5.41) is 14.1. The van der Waals surface area contributed by atoms with E-state index in [9.17, 15) is 10.1 Å². The van der Waals surface area contributed by atoms with Gasteiger partial charge >= 0.3 is 0 Å². The summed E-state index contributed by atoms with van der Waals surface area (Å²) in [5.41, 5.74) is 1.23. The smallest absolute Gasteiger partial charge is 0.269 e. The Morgan fingerprint density at radius 3 is 2.18 bits per heavy atom. The van der Waals surface area contributed by atoms with E-state index in [4.69, 9.17) is 0 Å². The summed E-state index contributed by atoms with van der Waals surface area (Å²) < 4.78 is 0. The van der Waals surface area contributed by atoms with Crippen LogP contribution in [-0.2, 0) is 0 Å². The molecule has 1 rings (SSSR count). The van der Waals surface area contributed by atoms with Gasteiger partial charge in [-0.1, -0.05) is 26.0 Å². The van der Waals surface area contributed by atoms with E-state index in [1.807, 2.05) is 12.1 Å². The molecule has 0 aliphatic carbocycles. The molecule has 0 amide bonds. The van der Waals surface area contributed by atoms with E-state index in [2.05, 4.69) is 26.1 Å². The minimum atomic E-state index is -0.372. The zero-order chi connectivity index (χ0) is 12.8. The molecule has 0 radical (unpaired) electrons. The van der Waals surface area contributed by atoms with Gasteiger partial charge in [0.05, 0.1) is 4.92 Å². The molecule has 0 aliphatic heterocycles. The van der Waals surface area contributed by atoms with E-state index in [-0.39, 0.29) is 16.7 Å². The minimum Gasteiger partial charge on any atom is -0.307 e. The quantitative estimate of drug-likeness (QED) is 0.608. The first kappa shape index (κ1) is 13.6. The lowest BCUT2D eigenvalue weighted by Gasteiger charge is -2.21. The van der Waals surface area contributed by atoms with E-state index in [1.165, 1.54) is 0 Å². The molecule has 1 atom stereocenters. The molecule has 4 nitrogen and oxygen atoms in total. The highest BCUT2D eigenvalue weighted by Crippen LogP contribution is 2.18. The predicted octanol–water partition coefficient (Wildman–Crippen LogP) is 3.43. The van der Waals surface area contributed by atoms with E-state index in [1.54, 1.807) is 12.1 Å². The molecule has 17 heavy (non-hydrogen) atoms. The van der Waals surface area contributed by atoms with Gasteiger partial charge < -0.3 is 5.32 Å². The molecule has 0 aliphatic rings. The number of nitrogens with one attached hydrogen (secondary N) is 1. The first-order valence-corrected chi connectivity index (χ1v) is 6.08. The highest BCUT2D eigenvalue weighted by atomic mass is 16.6. The number of rotatable bonds is 6. The van der Waals surface area contributed by atoms with Crippen molar-refractivity contribution in [3.63, 3.8) is 0 Å². The first-order valence-electron chi connectivity index (χ1n) is 6.08. The maximum Gasteiger partial charge on any atom is 0.269 e. The molecule has 0 bridgehead atoms. The molecule has 0 fully saturated rings. The molecule has 0 saturated carbocycles. The first-order chi connectivity index (χ1) is 8.08. The van der Waals surface area contributed by atoms with Crippen molar-refractivity contribution in [3.05, 3.63) is 39.9 Å². The zero-order valence-electron chi connectivity index (χ0n) is 10.6. The van der Waals surface area contributed by atoms with Crippen molar-refractivity contribution in [1.82, 2.24) is 5.32 Å². The predicted molar refractivity (Wildman–Crippen MR) is 69.0 cm³/mol. The van der Waals surface area contributed by atoms with Crippen molar-refractivity contribution in [1.29, 1.82) is 0 Å². The lowest BCUT2D eigenvalue weighted by molar-refractivity contribution is -0.384. The summed E-state index contributed by atoms with van der Waals surface area (Å²) >= 11 is 0. The maximum absolute atomic E-state index is 10.5. The van der Waals surface area contributed by atoms with Gasteiger partial charge in [-0.2, -0.15) is 0 Å². The number of hydrogen-bond donors (Lipinski definition) is 1. The van der Waals surface area contributed by atoms with Crippen molar-refractivity contribution in [2.75, 3.05) is 0 Å². The minimum absolute atomic E-state index is 0.142. The Kier molecular flexibility index (Phi) is 5.10. The van der Waals surface area contributed by atoms with Crippen LogP contribution in [0, 0.1) is 10.1 Å². The van der Waals surface area contributed by atoms with Crippen LogP contribution in [0.1, 0.15) is 45.2 Å². The van der Waals surface area contributed by atoms with Gasteiger partial charge in [0.25, 0.3) is 5.69 Å². The van der Waals surface area contributed by atoms with Crippen molar-refractivity contribution in [3.8, 4) is 0 Å². The van der Waals surface area contributed by atoms with Gasteiger partial charge in [-0.15, -0.1) is 0 Å². The average Bonchev–Trinajstić information content (AvgIpc) is 2.35. The SMILES string of the molecule is CCC(CC)NC(C)c1ccc([N+](=O)[O-])cc1. The van der Waals surface area contributed by atoms with E-state index < -0.39 is 0 Å². The topological polar surface area (TPSA) is 55.2 Å². The Bertz CT molecular complexity index is 358. The number of nitro benzene ring substituents is 1. The van der Waals surface area contributed by atoms with Crippen LogP contribution in [0.3, 0.4) is 0 Å². The zero-order valence-corrected chi connectivity index (χ0v) is 10.6. The summed E-state index contributed by atoms with van der Waals surface area (Å²) in [6.45, 7) is 6.40. The van der Waals surface area contributed by atoms with Crippen molar-refractivity contribution < 1.29 is 4.92 Å². The fourth-order valence-corrected chi connectivity index (χ4v) is 1.86. The van der Waals surface area contributed by atoms with E-state index in [0.717, 1.165) is 18.4 Å². The molecule has 1 aromatic rings. The summed E-state index contributed by atoms with van der Waals surface area (Å²) in [5.74, 6) is 0. The normalized spacial score (nSPS) is 12.7. The van der Waals surface area contributed by atoms with Crippen LogP contribution < -0.4 is 5.32 Å². The van der Waals surface area contributed by atoms with Crippen LogP contribution in [0.2, 0.25) is 0 Å². The number of hydrogen-bond acceptors (Lipinski definition) is 3. The van der Waals surface area contributed by atoms with E-state index in [0.29, 0.717) is 6.04 Å². The van der Waals surface area contributed by atoms with Crippen LogP contribution in [0.15, 0.2) is 24.3 Å². The average molecular weight is 236 g/mol. The Labute approximate surface area is 102 Å². The molecular weight excluding hydrogens is 216 g/mol. The Hall–Kier alpha value is -1.42. The lowest BCUT2D eigenvalue weighted by Crippen LogP contribution is -2.30. The van der Waals surface area contributed by atoms with Gasteiger partial charge in [0.2, 0.25) is 0 Å². The van der Waals surface area contributed by atoms with Crippen molar-refractivity contribution in [2.24, 2.45) is 0 Å². The molecule has 1 N–H and O–H groups in total. The van der Waals surface area contributed by atoms with Gasteiger partial charge in [0, 0.05) is 24.2 Å². The second-order valence-corrected chi connectivity index (χ2v) is 4.25. The van der Waals surface area contributed by atoms with Crippen LogP contribution in [-0.4, -0.2) is 11.0 Å². The van der Waals surface area contributed by atoms with E-state index >= 15 is 0 Å². The molecule has 0 aromatic heterocycles. The van der Waals surface area contributed by atoms with Crippen molar-refractivity contribution in [2.45, 2.75) is 45.7 Å². The van der Waals surface area contributed by atoms with Crippen LogP contribution >= 0.6 is 0 Å². The molecule has 0 spiro atoms. The summed E-state index contributed by atoms with van der Waals surface area (Å²) in [7, 11) is 0. The molecule has 1 unspecified atom stereocenters. The molecule has 4 heteroatoms. The maximum atomic E-state index is 10.5. The van der Waals surface area contributed by atoms with Gasteiger partial charge in [-0.25, -0.2) is 0 Å². The third-order valence-electron chi connectivity index (χ3n) is 3.08. The summed E-state index contributed by atoms with van der Waals surface area (Å²) in [6, 6.07) is 7.47. The number of nitro groups is 1. The highest BCUT2D eigenvalue weighted by Gasteiger charge is 2.11. The Balaban J connectivity index is 2.69. The van der Waals surface area contributed by atoms with Crippen LogP contribution in [0.25, 0.3) is 0 Å². The molecule has 0 saturated heterocycles. The monoisotopic (exact) mass is 236 g/mol. The van der Waals surface area contributed by atoms with Gasteiger partial charge in [0.1, 0.15) is 0 Å². The van der Waals surface area contributed by atoms with Gasteiger partial charge in [-0.3, -0.25) is 10.1 Å². The number of benzene rings is 1. The lowest BCUT2D eigenvalue weighted by atomic mass is 10.1. The fourth-order valence-electron chi connectivity index (χ4n) is 1.86. The van der Waals surface area contributed by atoms with Gasteiger partial charge in [-0.05, 0) is 25.3 Å². The van der Waals surface area contributed by atoms with Crippen LogP contribution in [0.4, 0.5) is 5.69 Å². The molecule has 94 valence electrons. The van der Waals surface area contributed by atoms with Gasteiger partial charge in [0.15, 0.2) is 0 Å². The summed E-state index contributed by atoms with van der Waals surface area (Å²) in [4.78, 5) is 10.2. The largest absolute Gasteiger partial charge is 0.307 e. The fraction of sp³-hybridized carbons (Fsp3) is 0.538. The Morgan fingerprint density at radius 2 is 1.76 bits per heavy atom. The summed E-state index contributed by atoms with van der Waals surface area (Å²) in [6.07, 6.45) is 2.18.